The van der Waals surface area contributed by atoms with Gasteiger partial charge in [-0.2, -0.15) is 5.26 Å². The minimum absolute atomic E-state index is 0.0619. The van der Waals surface area contributed by atoms with Crippen molar-refractivity contribution in [1.29, 1.82) is 5.26 Å². The number of carbonyl (C=O) groups is 1. The molecule has 0 aliphatic carbocycles. The number of fused-ring (bicyclic) bond motifs is 1. The van der Waals surface area contributed by atoms with E-state index >= 15 is 0 Å². The van der Waals surface area contributed by atoms with Crippen LogP contribution in [0.5, 0.6) is 0 Å². The first-order chi connectivity index (χ1) is 10.00. The predicted molar refractivity (Wildman–Crippen MR) is 81.9 cm³/mol. The van der Waals surface area contributed by atoms with E-state index in [0.717, 1.165) is 36.8 Å². The molecule has 1 aromatic heterocycles. The number of likely N-dealkylation sites (tertiary alicyclic amines) is 1. The zero-order valence-electron chi connectivity index (χ0n) is 12.4. The second kappa shape index (κ2) is 4.92. The number of H-pyrrole nitrogens is 1. The molecule has 1 fully saturated rings. The van der Waals surface area contributed by atoms with Crippen molar-refractivity contribution in [2.45, 2.75) is 26.7 Å². The van der Waals surface area contributed by atoms with Crippen molar-refractivity contribution in [3.63, 3.8) is 0 Å². The summed E-state index contributed by atoms with van der Waals surface area (Å²) in [5, 5.41) is 9.85. The largest absolute Gasteiger partial charge is 0.360 e. The van der Waals surface area contributed by atoms with E-state index < -0.39 is 0 Å². The van der Waals surface area contributed by atoms with Gasteiger partial charge in [-0.15, -0.1) is 0 Å². The highest BCUT2D eigenvalue weighted by molar-refractivity contribution is 6.07. The summed E-state index contributed by atoms with van der Waals surface area (Å²) < 4.78 is 0. The highest BCUT2D eigenvalue weighted by Crippen LogP contribution is 2.31. The van der Waals surface area contributed by atoms with Crippen LogP contribution in [-0.2, 0) is 0 Å². The van der Waals surface area contributed by atoms with Crippen LogP contribution < -0.4 is 0 Å². The van der Waals surface area contributed by atoms with Gasteiger partial charge in [-0.3, -0.25) is 4.79 Å². The molecular weight excluding hydrogens is 262 g/mol. The molecule has 21 heavy (non-hydrogen) atoms. The van der Waals surface area contributed by atoms with Gasteiger partial charge in [0.1, 0.15) is 0 Å². The molecule has 0 spiro atoms. The van der Waals surface area contributed by atoms with E-state index in [2.05, 4.69) is 24.9 Å². The van der Waals surface area contributed by atoms with Crippen molar-refractivity contribution in [2.75, 3.05) is 13.1 Å². The van der Waals surface area contributed by atoms with Gasteiger partial charge in [-0.25, -0.2) is 0 Å². The van der Waals surface area contributed by atoms with Crippen molar-refractivity contribution >= 4 is 16.8 Å². The Hall–Kier alpha value is -2.28. The minimum Gasteiger partial charge on any atom is -0.360 e. The van der Waals surface area contributed by atoms with Gasteiger partial charge in [0.05, 0.1) is 17.2 Å². The number of nitriles is 1. The molecule has 2 aromatic rings. The average Bonchev–Trinajstić information content (AvgIpc) is 2.89. The molecule has 3 rings (SSSR count). The maximum absolute atomic E-state index is 12.7. The molecule has 1 aliphatic rings. The van der Waals surface area contributed by atoms with Crippen molar-refractivity contribution in [3.05, 3.63) is 35.5 Å². The van der Waals surface area contributed by atoms with Crippen LogP contribution in [0.25, 0.3) is 10.9 Å². The number of hydrogen-bond donors (Lipinski definition) is 1. The molecule has 1 N–H and O–H groups in total. The molecule has 0 radical (unpaired) electrons. The van der Waals surface area contributed by atoms with Crippen LogP contribution in [0, 0.1) is 16.7 Å². The van der Waals surface area contributed by atoms with Crippen LogP contribution in [0.15, 0.2) is 24.4 Å². The van der Waals surface area contributed by atoms with Crippen molar-refractivity contribution in [2.24, 2.45) is 5.41 Å². The van der Waals surface area contributed by atoms with Gasteiger partial charge in [0.2, 0.25) is 0 Å². The van der Waals surface area contributed by atoms with Crippen LogP contribution in [-0.4, -0.2) is 28.9 Å². The third-order valence-electron chi connectivity index (χ3n) is 4.45. The third-order valence-corrected chi connectivity index (χ3v) is 4.45. The topological polar surface area (TPSA) is 59.9 Å². The fraction of sp³-hybridized carbons (Fsp3) is 0.412. The maximum Gasteiger partial charge on any atom is 0.256 e. The quantitative estimate of drug-likeness (QED) is 0.871. The number of aromatic nitrogens is 1. The molecule has 1 amide bonds. The molecule has 4 nitrogen and oxygen atoms in total. The first-order valence-electron chi connectivity index (χ1n) is 7.31. The Morgan fingerprint density at radius 3 is 2.71 bits per heavy atom. The van der Waals surface area contributed by atoms with Crippen LogP contribution in [0.1, 0.15) is 42.6 Å². The summed E-state index contributed by atoms with van der Waals surface area (Å²) in [5.74, 6) is 0.0619. The van der Waals surface area contributed by atoms with Gasteiger partial charge in [0.15, 0.2) is 0 Å². The number of carbonyl (C=O) groups excluding carboxylic acids is 1. The maximum atomic E-state index is 12.7. The first kappa shape index (κ1) is 13.7. The number of aromatic amines is 1. The summed E-state index contributed by atoms with van der Waals surface area (Å²) >= 11 is 0. The number of nitrogens with one attached hydrogen (secondary N) is 1. The van der Waals surface area contributed by atoms with E-state index in [-0.39, 0.29) is 5.91 Å². The van der Waals surface area contributed by atoms with Gasteiger partial charge in [-0.05, 0) is 36.5 Å². The Morgan fingerprint density at radius 2 is 2.05 bits per heavy atom. The molecule has 4 heteroatoms. The molecule has 1 aliphatic heterocycles. The van der Waals surface area contributed by atoms with Crippen LogP contribution in [0.3, 0.4) is 0 Å². The Kier molecular flexibility index (Phi) is 3.21. The fourth-order valence-electron chi connectivity index (χ4n) is 2.85. The summed E-state index contributed by atoms with van der Waals surface area (Å²) in [6, 6.07) is 7.52. The van der Waals surface area contributed by atoms with E-state index in [4.69, 9.17) is 5.26 Å². The van der Waals surface area contributed by atoms with Crippen molar-refractivity contribution in [3.8, 4) is 6.07 Å². The second-order valence-electron chi connectivity index (χ2n) is 6.53. The Labute approximate surface area is 124 Å². The Balaban J connectivity index is 1.90. The van der Waals surface area contributed by atoms with Gasteiger partial charge in [0.25, 0.3) is 5.91 Å². The standard InChI is InChI=1S/C17H19N3O/c1-17(2)5-7-20(8-6-17)16(21)14-11-19-15-4-3-12(10-18)9-13(14)15/h3-4,9,11,19H,5-8H2,1-2H3. The zero-order chi connectivity index (χ0) is 15.0. The van der Waals surface area contributed by atoms with Gasteiger partial charge < -0.3 is 9.88 Å². The van der Waals surface area contributed by atoms with Crippen molar-refractivity contribution < 1.29 is 4.79 Å². The number of benzene rings is 1. The van der Waals surface area contributed by atoms with E-state index in [9.17, 15) is 4.79 Å². The second-order valence-corrected chi connectivity index (χ2v) is 6.53. The summed E-state index contributed by atoms with van der Waals surface area (Å²) in [4.78, 5) is 17.8. The van der Waals surface area contributed by atoms with E-state index in [1.165, 1.54) is 0 Å². The lowest BCUT2D eigenvalue weighted by Crippen LogP contribution is -2.41. The molecule has 108 valence electrons. The van der Waals surface area contributed by atoms with Crippen LogP contribution in [0.4, 0.5) is 0 Å². The van der Waals surface area contributed by atoms with E-state index in [1.807, 2.05) is 11.0 Å². The average molecular weight is 281 g/mol. The SMILES string of the molecule is CC1(C)CCN(C(=O)c2c[nH]c3ccc(C#N)cc23)CC1. The molecule has 1 saturated heterocycles. The third kappa shape index (κ3) is 2.52. The zero-order valence-corrected chi connectivity index (χ0v) is 12.4. The minimum atomic E-state index is 0.0619. The van der Waals surface area contributed by atoms with Crippen molar-refractivity contribution in [1.82, 2.24) is 9.88 Å². The van der Waals surface area contributed by atoms with Gasteiger partial charge in [0, 0.05) is 30.2 Å². The van der Waals surface area contributed by atoms with Gasteiger partial charge in [-0.1, -0.05) is 13.8 Å². The Morgan fingerprint density at radius 1 is 1.33 bits per heavy atom. The normalized spacial score (nSPS) is 17.7. The first-order valence-corrected chi connectivity index (χ1v) is 7.31. The summed E-state index contributed by atoms with van der Waals surface area (Å²) in [7, 11) is 0. The molecule has 0 unspecified atom stereocenters. The van der Waals surface area contributed by atoms with Gasteiger partial charge >= 0.3 is 0 Å². The molecule has 2 heterocycles. The molecule has 0 bridgehead atoms. The predicted octanol–water partition coefficient (Wildman–Crippen LogP) is 3.30. The van der Waals surface area contributed by atoms with Crippen LogP contribution in [0.2, 0.25) is 0 Å². The summed E-state index contributed by atoms with van der Waals surface area (Å²) in [6.45, 7) is 6.10. The molecule has 0 atom stereocenters. The number of nitrogens with zero attached hydrogens (tertiary/aromatic N) is 2. The molecule has 0 saturated carbocycles. The smallest absolute Gasteiger partial charge is 0.256 e. The monoisotopic (exact) mass is 281 g/mol. The highest BCUT2D eigenvalue weighted by atomic mass is 16.2. The lowest BCUT2D eigenvalue weighted by Gasteiger charge is -2.36. The molecule has 1 aromatic carbocycles. The lowest BCUT2D eigenvalue weighted by atomic mass is 9.82. The Bertz CT molecular complexity index is 726. The number of rotatable bonds is 1. The fourth-order valence-corrected chi connectivity index (χ4v) is 2.85. The van der Waals surface area contributed by atoms with Crippen LogP contribution >= 0.6 is 0 Å². The number of hydrogen-bond acceptors (Lipinski definition) is 2. The van der Waals surface area contributed by atoms with E-state index in [0.29, 0.717) is 16.5 Å². The lowest BCUT2D eigenvalue weighted by molar-refractivity contribution is 0.0632. The summed E-state index contributed by atoms with van der Waals surface area (Å²) in [6.07, 6.45) is 3.82. The summed E-state index contributed by atoms with van der Waals surface area (Å²) in [5.41, 5.74) is 2.47. The highest BCUT2D eigenvalue weighted by Gasteiger charge is 2.29. The molecular formula is C17H19N3O. The van der Waals surface area contributed by atoms with E-state index in [1.54, 1.807) is 18.3 Å². The number of amides is 1. The number of piperidine rings is 1.